The van der Waals surface area contributed by atoms with Gasteiger partial charge >= 0.3 is 0 Å². The first-order valence-corrected chi connectivity index (χ1v) is 10.6. The number of nitrogens with one attached hydrogen (secondary N) is 1. The SMILES string of the molecule is CCCN(C)c1ccc(C(=O)NC(C)CN2CCN(c3ccccn3)CC2)cc1. The van der Waals surface area contributed by atoms with Gasteiger partial charge in [-0.3, -0.25) is 9.69 Å². The molecule has 1 aliphatic heterocycles. The molecule has 0 spiro atoms. The first-order chi connectivity index (χ1) is 14.1. The molecule has 6 nitrogen and oxygen atoms in total. The van der Waals surface area contributed by atoms with Crippen LogP contribution in [0.15, 0.2) is 48.7 Å². The number of nitrogens with zero attached hydrogens (tertiary/aromatic N) is 4. The van der Waals surface area contributed by atoms with Crippen LogP contribution in [-0.4, -0.2) is 68.1 Å². The number of amides is 1. The molecule has 0 aliphatic carbocycles. The topological polar surface area (TPSA) is 51.7 Å². The average molecular weight is 396 g/mol. The Morgan fingerprint density at radius 2 is 1.86 bits per heavy atom. The maximum atomic E-state index is 12.6. The molecule has 1 aliphatic rings. The van der Waals surface area contributed by atoms with Gasteiger partial charge in [-0.1, -0.05) is 13.0 Å². The lowest BCUT2D eigenvalue weighted by Gasteiger charge is -2.36. The predicted octanol–water partition coefficient (Wildman–Crippen LogP) is 2.87. The van der Waals surface area contributed by atoms with Crippen molar-refractivity contribution < 1.29 is 4.79 Å². The number of rotatable bonds is 8. The van der Waals surface area contributed by atoms with Gasteiger partial charge < -0.3 is 15.1 Å². The highest BCUT2D eigenvalue weighted by Gasteiger charge is 2.20. The molecular formula is C23H33N5O. The second kappa shape index (κ2) is 10.3. The lowest BCUT2D eigenvalue weighted by atomic mass is 10.1. The first-order valence-electron chi connectivity index (χ1n) is 10.6. The van der Waals surface area contributed by atoms with Gasteiger partial charge in [0.2, 0.25) is 0 Å². The van der Waals surface area contributed by atoms with Crippen molar-refractivity contribution >= 4 is 17.4 Å². The molecule has 156 valence electrons. The van der Waals surface area contributed by atoms with Gasteiger partial charge in [0.25, 0.3) is 5.91 Å². The third kappa shape index (κ3) is 5.94. The summed E-state index contributed by atoms with van der Waals surface area (Å²) in [6.45, 7) is 10.00. The molecule has 3 rings (SSSR count). The Bertz CT molecular complexity index is 757. The third-order valence-corrected chi connectivity index (χ3v) is 5.38. The fourth-order valence-corrected chi connectivity index (χ4v) is 3.77. The summed E-state index contributed by atoms with van der Waals surface area (Å²) in [5.41, 5.74) is 1.85. The Hall–Kier alpha value is -2.60. The normalized spacial score (nSPS) is 15.8. The molecule has 1 atom stereocenters. The van der Waals surface area contributed by atoms with Gasteiger partial charge in [0.05, 0.1) is 0 Å². The maximum absolute atomic E-state index is 12.6. The minimum Gasteiger partial charge on any atom is -0.375 e. The molecule has 0 saturated carbocycles. The van der Waals surface area contributed by atoms with Crippen LogP contribution in [-0.2, 0) is 0 Å². The molecule has 0 radical (unpaired) electrons. The molecule has 1 aromatic carbocycles. The molecule has 6 heteroatoms. The predicted molar refractivity (Wildman–Crippen MR) is 120 cm³/mol. The summed E-state index contributed by atoms with van der Waals surface area (Å²) in [7, 11) is 2.08. The molecule has 1 fully saturated rings. The zero-order chi connectivity index (χ0) is 20.6. The number of pyridine rings is 1. The van der Waals surface area contributed by atoms with Crippen molar-refractivity contribution in [2.24, 2.45) is 0 Å². The average Bonchev–Trinajstić information content (AvgIpc) is 2.75. The zero-order valence-corrected chi connectivity index (χ0v) is 17.8. The van der Waals surface area contributed by atoms with Crippen molar-refractivity contribution in [3.63, 3.8) is 0 Å². The molecule has 1 unspecified atom stereocenters. The monoisotopic (exact) mass is 395 g/mol. The lowest BCUT2D eigenvalue weighted by Crippen LogP contribution is -2.51. The third-order valence-electron chi connectivity index (χ3n) is 5.38. The highest BCUT2D eigenvalue weighted by atomic mass is 16.1. The summed E-state index contributed by atoms with van der Waals surface area (Å²) < 4.78 is 0. The van der Waals surface area contributed by atoms with Crippen molar-refractivity contribution in [3.8, 4) is 0 Å². The van der Waals surface area contributed by atoms with Crippen molar-refractivity contribution in [1.82, 2.24) is 15.2 Å². The van der Waals surface area contributed by atoms with Crippen LogP contribution in [0.25, 0.3) is 0 Å². The number of benzene rings is 1. The van der Waals surface area contributed by atoms with E-state index in [1.807, 2.05) is 42.6 Å². The van der Waals surface area contributed by atoms with E-state index < -0.39 is 0 Å². The number of aromatic nitrogens is 1. The smallest absolute Gasteiger partial charge is 0.251 e. The minimum atomic E-state index is -0.00526. The van der Waals surface area contributed by atoms with Crippen LogP contribution in [0, 0.1) is 0 Å². The van der Waals surface area contributed by atoms with E-state index in [2.05, 4.69) is 52.0 Å². The summed E-state index contributed by atoms with van der Waals surface area (Å²) in [6, 6.07) is 14.0. The van der Waals surface area contributed by atoms with Gasteiger partial charge in [-0.05, 0) is 49.7 Å². The number of anilines is 2. The quantitative estimate of drug-likeness (QED) is 0.745. The molecule has 29 heavy (non-hydrogen) atoms. The molecular weight excluding hydrogens is 362 g/mol. The molecule has 2 aromatic rings. The maximum Gasteiger partial charge on any atom is 0.251 e. The number of carbonyl (C=O) groups excluding carboxylic acids is 1. The fraction of sp³-hybridized carbons (Fsp3) is 0.478. The van der Waals surface area contributed by atoms with E-state index in [0.29, 0.717) is 5.56 Å². The minimum absolute atomic E-state index is 0.00526. The molecule has 0 bridgehead atoms. The van der Waals surface area contributed by atoms with Gasteiger partial charge in [-0.25, -0.2) is 4.98 Å². The van der Waals surface area contributed by atoms with Gasteiger partial charge in [-0.15, -0.1) is 0 Å². The van der Waals surface area contributed by atoms with Crippen LogP contribution in [0.2, 0.25) is 0 Å². The second-order valence-electron chi connectivity index (χ2n) is 7.82. The molecule has 1 N–H and O–H groups in total. The van der Waals surface area contributed by atoms with Gasteiger partial charge in [0.1, 0.15) is 5.82 Å². The van der Waals surface area contributed by atoms with E-state index in [0.717, 1.165) is 57.2 Å². The van der Waals surface area contributed by atoms with Crippen LogP contribution in [0.1, 0.15) is 30.6 Å². The largest absolute Gasteiger partial charge is 0.375 e. The van der Waals surface area contributed by atoms with E-state index in [9.17, 15) is 4.79 Å². The standard InChI is InChI=1S/C23H33N5O/c1-4-13-26(3)21-10-8-20(9-11-21)23(29)25-19(2)18-27-14-16-28(17-15-27)22-7-5-6-12-24-22/h5-12,19H,4,13-18H2,1-3H3,(H,25,29). The van der Waals surface area contributed by atoms with E-state index in [1.165, 1.54) is 0 Å². The van der Waals surface area contributed by atoms with E-state index in [1.54, 1.807) is 0 Å². The lowest BCUT2D eigenvalue weighted by molar-refractivity contribution is 0.0928. The highest BCUT2D eigenvalue weighted by molar-refractivity contribution is 5.94. The Balaban J connectivity index is 1.44. The van der Waals surface area contributed by atoms with E-state index in [-0.39, 0.29) is 11.9 Å². The fourth-order valence-electron chi connectivity index (χ4n) is 3.77. The molecule has 1 amide bonds. The summed E-state index contributed by atoms with van der Waals surface area (Å²) in [4.78, 5) is 23.9. The summed E-state index contributed by atoms with van der Waals surface area (Å²) in [5, 5.41) is 3.14. The Morgan fingerprint density at radius 3 is 2.48 bits per heavy atom. The van der Waals surface area contributed by atoms with Crippen LogP contribution in [0.5, 0.6) is 0 Å². The second-order valence-corrected chi connectivity index (χ2v) is 7.82. The number of hydrogen-bond donors (Lipinski definition) is 1. The first kappa shape index (κ1) is 21.1. The highest BCUT2D eigenvalue weighted by Crippen LogP contribution is 2.15. The van der Waals surface area contributed by atoms with E-state index in [4.69, 9.17) is 0 Å². The van der Waals surface area contributed by atoms with Crippen LogP contribution >= 0.6 is 0 Å². The summed E-state index contributed by atoms with van der Waals surface area (Å²) in [5.74, 6) is 1.04. The van der Waals surface area contributed by atoms with Crippen molar-refractivity contribution in [2.45, 2.75) is 26.3 Å². The number of carbonyl (C=O) groups is 1. The number of piperazine rings is 1. The van der Waals surface area contributed by atoms with Crippen molar-refractivity contribution in [1.29, 1.82) is 0 Å². The van der Waals surface area contributed by atoms with Crippen molar-refractivity contribution in [3.05, 3.63) is 54.2 Å². The van der Waals surface area contributed by atoms with Crippen LogP contribution in [0.4, 0.5) is 11.5 Å². The Kier molecular flexibility index (Phi) is 7.47. The molecule has 1 aromatic heterocycles. The van der Waals surface area contributed by atoms with Crippen molar-refractivity contribution in [2.75, 3.05) is 56.1 Å². The summed E-state index contributed by atoms with van der Waals surface area (Å²) >= 11 is 0. The van der Waals surface area contributed by atoms with Crippen LogP contribution < -0.4 is 15.1 Å². The molecule has 1 saturated heterocycles. The van der Waals surface area contributed by atoms with Gasteiger partial charge in [0, 0.05) is 69.8 Å². The Morgan fingerprint density at radius 1 is 1.14 bits per heavy atom. The summed E-state index contributed by atoms with van der Waals surface area (Å²) in [6.07, 6.45) is 2.94. The molecule has 2 heterocycles. The van der Waals surface area contributed by atoms with Gasteiger partial charge in [0.15, 0.2) is 0 Å². The number of hydrogen-bond acceptors (Lipinski definition) is 5. The zero-order valence-electron chi connectivity index (χ0n) is 17.8. The Labute approximate surface area is 174 Å². The van der Waals surface area contributed by atoms with E-state index >= 15 is 0 Å². The van der Waals surface area contributed by atoms with Gasteiger partial charge in [-0.2, -0.15) is 0 Å². The van der Waals surface area contributed by atoms with Crippen LogP contribution in [0.3, 0.4) is 0 Å².